The molecule has 0 heterocycles. The molecule has 0 aliphatic carbocycles. The monoisotopic (exact) mass is 332 g/mol. The average Bonchev–Trinajstić information content (AvgIpc) is 2.45. The Morgan fingerprint density at radius 2 is 1.80 bits per heavy atom. The van der Waals surface area contributed by atoms with Gasteiger partial charge >= 0.3 is 5.97 Å². The van der Waals surface area contributed by atoms with E-state index in [0.29, 0.717) is 0 Å². The highest BCUT2D eigenvalue weighted by molar-refractivity contribution is 9.10. The molecule has 0 aliphatic heterocycles. The number of aromatic carboxylic acids is 1. The van der Waals surface area contributed by atoms with Crippen LogP contribution in [-0.4, -0.2) is 16.8 Å². The van der Waals surface area contributed by atoms with Crippen LogP contribution < -0.4 is 5.43 Å². The molecular weight excluding hydrogens is 320 g/mol. The molecule has 0 spiro atoms. The quantitative estimate of drug-likeness (QED) is 0.657. The summed E-state index contributed by atoms with van der Waals surface area (Å²) < 4.78 is 0.976. The van der Waals surface area contributed by atoms with Gasteiger partial charge in [-0.2, -0.15) is 5.10 Å². The minimum atomic E-state index is -0.940. The number of carbonyl (C=O) groups is 1. The first kappa shape index (κ1) is 14.3. The number of benzene rings is 2. The molecule has 0 saturated heterocycles. The molecule has 0 atom stereocenters. The van der Waals surface area contributed by atoms with Gasteiger partial charge < -0.3 is 5.11 Å². The van der Waals surface area contributed by atoms with Gasteiger partial charge in [-0.05, 0) is 37.3 Å². The minimum Gasteiger partial charge on any atom is -0.478 e. The maximum Gasteiger partial charge on any atom is 0.335 e. The molecule has 0 unspecified atom stereocenters. The highest BCUT2D eigenvalue weighted by Crippen LogP contribution is 2.17. The molecule has 20 heavy (non-hydrogen) atoms. The molecule has 4 nitrogen and oxygen atoms in total. The minimum absolute atomic E-state index is 0.252. The summed E-state index contributed by atoms with van der Waals surface area (Å²) in [7, 11) is 0. The maximum absolute atomic E-state index is 10.7. The summed E-state index contributed by atoms with van der Waals surface area (Å²) in [6.45, 7) is 1.90. The van der Waals surface area contributed by atoms with Crippen molar-refractivity contribution in [3.63, 3.8) is 0 Å². The van der Waals surface area contributed by atoms with Gasteiger partial charge in [0.15, 0.2) is 0 Å². The first-order valence-electron chi connectivity index (χ1n) is 5.96. The lowest BCUT2D eigenvalue weighted by Crippen LogP contribution is -2.01. The fourth-order valence-corrected chi connectivity index (χ4v) is 2.22. The fraction of sp³-hybridized carbons (Fsp3) is 0.0667. The maximum atomic E-state index is 10.7. The van der Waals surface area contributed by atoms with Crippen molar-refractivity contribution in [1.82, 2.24) is 0 Å². The molecule has 0 bridgehead atoms. The number of carboxylic acids is 1. The van der Waals surface area contributed by atoms with Crippen LogP contribution in [0.3, 0.4) is 0 Å². The van der Waals surface area contributed by atoms with Crippen molar-refractivity contribution in [3.8, 4) is 0 Å². The van der Waals surface area contributed by atoms with Gasteiger partial charge in [-0.25, -0.2) is 4.79 Å². The van der Waals surface area contributed by atoms with Crippen molar-refractivity contribution >= 4 is 33.3 Å². The Hall–Kier alpha value is -2.14. The molecular formula is C15H13BrN2O2. The van der Waals surface area contributed by atoms with Crippen molar-refractivity contribution in [2.24, 2.45) is 5.10 Å². The van der Waals surface area contributed by atoms with Gasteiger partial charge in [0.1, 0.15) is 0 Å². The molecule has 0 aliphatic rings. The highest BCUT2D eigenvalue weighted by Gasteiger charge is 2.03. The van der Waals surface area contributed by atoms with Crippen LogP contribution >= 0.6 is 15.9 Å². The third-order valence-electron chi connectivity index (χ3n) is 2.75. The number of hydrogen-bond donors (Lipinski definition) is 2. The molecule has 0 aromatic heterocycles. The van der Waals surface area contributed by atoms with Crippen LogP contribution in [-0.2, 0) is 0 Å². The van der Waals surface area contributed by atoms with Crippen LogP contribution in [0.15, 0.2) is 58.1 Å². The van der Waals surface area contributed by atoms with E-state index in [1.165, 1.54) is 12.1 Å². The summed E-state index contributed by atoms with van der Waals surface area (Å²) in [6, 6.07) is 14.2. The third-order valence-corrected chi connectivity index (χ3v) is 3.44. The fourth-order valence-electron chi connectivity index (χ4n) is 1.65. The van der Waals surface area contributed by atoms with Crippen molar-refractivity contribution < 1.29 is 9.90 Å². The normalized spacial score (nSPS) is 11.2. The Kier molecular flexibility index (Phi) is 4.53. The molecule has 2 rings (SSSR count). The van der Waals surface area contributed by atoms with Gasteiger partial charge in [0.25, 0.3) is 0 Å². The molecule has 0 fully saturated rings. The van der Waals surface area contributed by atoms with Crippen molar-refractivity contribution in [3.05, 3.63) is 64.1 Å². The summed E-state index contributed by atoms with van der Waals surface area (Å²) in [5, 5.41) is 13.1. The van der Waals surface area contributed by atoms with Crippen molar-refractivity contribution in [2.45, 2.75) is 6.92 Å². The molecule has 2 aromatic rings. The van der Waals surface area contributed by atoms with Crippen LogP contribution in [0.5, 0.6) is 0 Å². The van der Waals surface area contributed by atoms with E-state index in [-0.39, 0.29) is 5.56 Å². The van der Waals surface area contributed by atoms with Gasteiger partial charge in [-0.15, -0.1) is 0 Å². The zero-order chi connectivity index (χ0) is 14.5. The number of rotatable bonds is 4. The Morgan fingerprint density at radius 1 is 1.15 bits per heavy atom. The number of anilines is 1. The molecule has 2 aromatic carbocycles. The lowest BCUT2D eigenvalue weighted by atomic mass is 10.1. The topological polar surface area (TPSA) is 61.7 Å². The zero-order valence-corrected chi connectivity index (χ0v) is 12.4. The average molecular weight is 333 g/mol. The van der Waals surface area contributed by atoms with E-state index in [1.54, 1.807) is 12.1 Å². The summed E-state index contributed by atoms with van der Waals surface area (Å²) >= 11 is 3.47. The summed E-state index contributed by atoms with van der Waals surface area (Å²) in [5.41, 5.74) is 5.73. The van der Waals surface area contributed by atoms with Gasteiger partial charge in [-0.3, -0.25) is 5.43 Å². The number of nitrogens with one attached hydrogen (secondary N) is 1. The van der Waals surface area contributed by atoms with Gasteiger partial charge in [0.05, 0.1) is 17.0 Å². The van der Waals surface area contributed by atoms with Crippen molar-refractivity contribution in [2.75, 3.05) is 5.43 Å². The first-order valence-corrected chi connectivity index (χ1v) is 6.76. The van der Waals surface area contributed by atoms with Crippen molar-refractivity contribution in [1.29, 1.82) is 0 Å². The number of hydrogen-bond acceptors (Lipinski definition) is 3. The lowest BCUT2D eigenvalue weighted by molar-refractivity contribution is 0.0697. The Labute approximate surface area is 125 Å². The molecule has 2 N–H and O–H groups in total. The first-order chi connectivity index (χ1) is 9.58. The Bertz CT molecular complexity index is 651. The summed E-state index contributed by atoms with van der Waals surface area (Å²) in [5.74, 6) is -0.940. The van der Waals surface area contributed by atoms with E-state index in [9.17, 15) is 4.79 Å². The molecule has 0 amide bonds. The van der Waals surface area contributed by atoms with E-state index in [1.807, 2.05) is 31.2 Å². The molecule has 0 radical (unpaired) electrons. The van der Waals surface area contributed by atoms with Crippen LogP contribution in [0.1, 0.15) is 22.8 Å². The zero-order valence-electron chi connectivity index (χ0n) is 10.8. The second-order valence-electron chi connectivity index (χ2n) is 4.17. The summed E-state index contributed by atoms with van der Waals surface area (Å²) in [6.07, 6.45) is 0. The van der Waals surface area contributed by atoms with E-state index in [2.05, 4.69) is 26.5 Å². The Balaban J connectivity index is 2.13. The largest absolute Gasteiger partial charge is 0.478 e. The predicted octanol–water partition coefficient (Wildman–Crippen LogP) is 3.98. The van der Waals surface area contributed by atoms with E-state index in [4.69, 9.17) is 5.11 Å². The van der Waals surface area contributed by atoms with E-state index < -0.39 is 5.97 Å². The second kappa shape index (κ2) is 6.34. The number of halogens is 1. The summed E-state index contributed by atoms with van der Waals surface area (Å²) in [4.78, 5) is 10.7. The molecule has 0 saturated carbocycles. The molecule has 102 valence electrons. The van der Waals surface area contributed by atoms with Gasteiger partial charge in [-0.1, -0.05) is 34.1 Å². The predicted molar refractivity (Wildman–Crippen MR) is 83.4 cm³/mol. The number of hydrazone groups is 1. The third kappa shape index (κ3) is 3.45. The van der Waals surface area contributed by atoms with E-state index in [0.717, 1.165) is 21.4 Å². The SMILES string of the molecule is C/C(=N\Nc1ccc(C(=O)O)cc1)c1ccccc1Br. The lowest BCUT2D eigenvalue weighted by Gasteiger charge is -2.05. The van der Waals surface area contributed by atoms with Gasteiger partial charge in [0.2, 0.25) is 0 Å². The number of nitrogens with zero attached hydrogens (tertiary/aromatic N) is 1. The Morgan fingerprint density at radius 3 is 2.40 bits per heavy atom. The molecule has 5 heteroatoms. The van der Waals surface area contributed by atoms with E-state index >= 15 is 0 Å². The smallest absolute Gasteiger partial charge is 0.335 e. The van der Waals surface area contributed by atoms with Crippen LogP contribution in [0.25, 0.3) is 0 Å². The van der Waals surface area contributed by atoms with Gasteiger partial charge in [0, 0.05) is 10.0 Å². The van der Waals surface area contributed by atoms with Crippen LogP contribution in [0.4, 0.5) is 5.69 Å². The second-order valence-corrected chi connectivity index (χ2v) is 5.03. The van der Waals surface area contributed by atoms with Crippen LogP contribution in [0.2, 0.25) is 0 Å². The standard InChI is InChI=1S/C15H13BrN2O2/c1-10(13-4-2-3-5-14(13)16)17-18-12-8-6-11(7-9-12)15(19)20/h2-9,18H,1H3,(H,19,20)/b17-10+. The highest BCUT2D eigenvalue weighted by atomic mass is 79.9. The number of carboxylic acid groups (broad SMARTS) is 1. The van der Waals surface area contributed by atoms with Crippen LogP contribution in [0, 0.1) is 0 Å².